The van der Waals surface area contributed by atoms with E-state index in [9.17, 15) is 9.59 Å². The van der Waals surface area contributed by atoms with E-state index >= 15 is 0 Å². The summed E-state index contributed by atoms with van der Waals surface area (Å²) in [6.07, 6.45) is 9.23. The third-order valence-corrected chi connectivity index (χ3v) is 2.64. The molecule has 0 bridgehead atoms. The van der Waals surface area contributed by atoms with Crippen LogP contribution in [0.25, 0.3) is 0 Å². The van der Waals surface area contributed by atoms with Crippen LogP contribution in [-0.2, 0) is 9.59 Å². The van der Waals surface area contributed by atoms with E-state index in [1.807, 2.05) is 0 Å². The van der Waals surface area contributed by atoms with Gasteiger partial charge < -0.3 is 9.59 Å². The van der Waals surface area contributed by atoms with Crippen molar-refractivity contribution in [1.29, 1.82) is 0 Å². The molecule has 0 rings (SSSR count). The Morgan fingerprint density at radius 1 is 0.812 bits per heavy atom. The molecule has 0 aromatic carbocycles. The second-order valence-electron chi connectivity index (χ2n) is 3.31. The van der Waals surface area contributed by atoms with E-state index in [1.165, 1.54) is 0 Å². The van der Waals surface area contributed by atoms with Gasteiger partial charge in [-0.1, -0.05) is 35.4 Å². The number of halogens is 2. The van der Waals surface area contributed by atoms with Crippen LogP contribution in [0, 0.1) is 0 Å². The van der Waals surface area contributed by atoms with Gasteiger partial charge in [-0.25, -0.2) is 0 Å². The standard InChI is InChI=1S/C12H16Cl2O2/c13-11(7-3-9-15)5-1-2-6-12(14)8-4-10-16/h7-10H,1-6H2. The SMILES string of the molecule is O=CCC=C(Cl)CCCCC(Cl)=CCC=O. The summed E-state index contributed by atoms with van der Waals surface area (Å²) in [7, 11) is 0. The first-order valence-electron chi connectivity index (χ1n) is 5.27. The number of rotatable bonds is 9. The Morgan fingerprint density at radius 2 is 1.19 bits per heavy atom. The van der Waals surface area contributed by atoms with Crippen molar-refractivity contribution in [3.05, 3.63) is 22.2 Å². The maximum absolute atomic E-state index is 10.1. The summed E-state index contributed by atoms with van der Waals surface area (Å²) < 4.78 is 0. The summed E-state index contributed by atoms with van der Waals surface area (Å²) in [5.41, 5.74) is 0. The Balaban J connectivity index is 3.59. The third-order valence-electron chi connectivity index (χ3n) is 1.95. The number of hydrogen-bond donors (Lipinski definition) is 0. The molecule has 4 heteroatoms. The zero-order valence-corrected chi connectivity index (χ0v) is 10.6. The van der Waals surface area contributed by atoms with Crippen LogP contribution in [0.15, 0.2) is 22.2 Å². The fourth-order valence-corrected chi connectivity index (χ4v) is 1.59. The molecule has 0 aliphatic carbocycles. The first-order chi connectivity index (χ1) is 7.70. The van der Waals surface area contributed by atoms with Crippen LogP contribution in [0.4, 0.5) is 0 Å². The van der Waals surface area contributed by atoms with Gasteiger partial charge in [-0.3, -0.25) is 0 Å². The van der Waals surface area contributed by atoms with Gasteiger partial charge in [-0.05, 0) is 25.7 Å². The molecular formula is C12H16Cl2O2. The van der Waals surface area contributed by atoms with Crippen LogP contribution in [0.5, 0.6) is 0 Å². The molecule has 90 valence electrons. The Morgan fingerprint density at radius 3 is 1.50 bits per heavy atom. The molecule has 0 spiro atoms. The largest absolute Gasteiger partial charge is 0.303 e. The maximum Gasteiger partial charge on any atom is 0.123 e. The smallest absolute Gasteiger partial charge is 0.123 e. The van der Waals surface area contributed by atoms with Crippen molar-refractivity contribution in [3.63, 3.8) is 0 Å². The summed E-state index contributed by atoms with van der Waals surface area (Å²) in [4.78, 5) is 20.1. The molecule has 0 aromatic rings. The monoisotopic (exact) mass is 262 g/mol. The van der Waals surface area contributed by atoms with E-state index in [0.29, 0.717) is 12.8 Å². The van der Waals surface area contributed by atoms with Gasteiger partial charge in [0.15, 0.2) is 0 Å². The van der Waals surface area contributed by atoms with E-state index in [0.717, 1.165) is 48.3 Å². The third kappa shape index (κ3) is 9.94. The molecule has 0 amide bonds. The van der Waals surface area contributed by atoms with Crippen molar-refractivity contribution < 1.29 is 9.59 Å². The van der Waals surface area contributed by atoms with Crippen LogP contribution < -0.4 is 0 Å². The van der Waals surface area contributed by atoms with Crippen LogP contribution >= 0.6 is 23.2 Å². The summed E-state index contributed by atoms with van der Waals surface area (Å²) in [5, 5.41) is 1.44. The van der Waals surface area contributed by atoms with Gasteiger partial charge in [0.05, 0.1) is 0 Å². The molecule has 0 unspecified atom stereocenters. The molecule has 0 radical (unpaired) electrons. The van der Waals surface area contributed by atoms with Crippen LogP contribution in [0.3, 0.4) is 0 Å². The molecule has 0 fully saturated rings. The minimum Gasteiger partial charge on any atom is -0.303 e. The summed E-state index contributed by atoms with van der Waals surface area (Å²) in [5.74, 6) is 0. The van der Waals surface area contributed by atoms with Gasteiger partial charge in [0.25, 0.3) is 0 Å². The number of unbranched alkanes of at least 4 members (excludes halogenated alkanes) is 1. The highest BCUT2D eigenvalue weighted by Crippen LogP contribution is 2.17. The molecule has 0 saturated carbocycles. The molecular weight excluding hydrogens is 247 g/mol. The van der Waals surface area contributed by atoms with Gasteiger partial charge in [-0.15, -0.1) is 0 Å². The average Bonchev–Trinajstić information content (AvgIpc) is 2.29. The predicted octanol–water partition coefficient (Wildman–Crippen LogP) is 3.97. The molecule has 0 N–H and O–H groups in total. The van der Waals surface area contributed by atoms with Crippen LogP contribution in [-0.4, -0.2) is 12.6 Å². The number of carbonyl (C=O) groups is 2. The minimum atomic E-state index is 0.374. The van der Waals surface area contributed by atoms with E-state index in [4.69, 9.17) is 23.2 Å². The number of carbonyl (C=O) groups excluding carboxylic acids is 2. The normalized spacial score (nSPS) is 12.6. The molecule has 0 aliphatic heterocycles. The molecule has 0 aliphatic rings. The topological polar surface area (TPSA) is 34.1 Å². The van der Waals surface area contributed by atoms with Crippen molar-refractivity contribution in [2.75, 3.05) is 0 Å². The van der Waals surface area contributed by atoms with Crippen molar-refractivity contribution in [2.45, 2.75) is 38.5 Å². The highest BCUT2D eigenvalue weighted by atomic mass is 35.5. The highest BCUT2D eigenvalue weighted by molar-refractivity contribution is 6.29. The zero-order chi connectivity index (χ0) is 12.2. The van der Waals surface area contributed by atoms with Gasteiger partial charge in [0.1, 0.15) is 12.6 Å². The first kappa shape index (κ1) is 15.4. The Bertz CT molecular complexity index is 242. The van der Waals surface area contributed by atoms with Crippen LogP contribution in [0.1, 0.15) is 38.5 Å². The summed E-state index contributed by atoms with van der Waals surface area (Å²) in [6.45, 7) is 0. The number of allylic oxidation sites excluding steroid dienone is 4. The molecule has 0 saturated heterocycles. The number of hydrogen-bond acceptors (Lipinski definition) is 2. The second-order valence-corrected chi connectivity index (χ2v) is 4.28. The lowest BCUT2D eigenvalue weighted by molar-refractivity contribution is -0.107. The lowest BCUT2D eigenvalue weighted by Gasteiger charge is -1.99. The van der Waals surface area contributed by atoms with Gasteiger partial charge >= 0.3 is 0 Å². The van der Waals surface area contributed by atoms with E-state index in [-0.39, 0.29) is 0 Å². The first-order valence-corrected chi connectivity index (χ1v) is 6.02. The zero-order valence-electron chi connectivity index (χ0n) is 9.12. The van der Waals surface area contributed by atoms with Crippen molar-refractivity contribution >= 4 is 35.8 Å². The van der Waals surface area contributed by atoms with Crippen molar-refractivity contribution in [1.82, 2.24) is 0 Å². The predicted molar refractivity (Wildman–Crippen MR) is 67.7 cm³/mol. The maximum atomic E-state index is 10.1. The van der Waals surface area contributed by atoms with Crippen LogP contribution in [0.2, 0.25) is 0 Å². The molecule has 0 aromatic heterocycles. The molecule has 16 heavy (non-hydrogen) atoms. The van der Waals surface area contributed by atoms with Crippen molar-refractivity contribution in [2.24, 2.45) is 0 Å². The van der Waals surface area contributed by atoms with E-state index in [1.54, 1.807) is 12.2 Å². The Hall–Kier alpha value is -0.600. The second kappa shape index (κ2) is 10.9. The lowest BCUT2D eigenvalue weighted by Crippen LogP contribution is -1.81. The van der Waals surface area contributed by atoms with Gasteiger partial charge in [-0.2, -0.15) is 0 Å². The fourth-order valence-electron chi connectivity index (χ4n) is 1.14. The minimum absolute atomic E-state index is 0.374. The quantitative estimate of drug-likeness (QED) is 0.466. The van der Waals surface area contributed by atoms with E-state index < -0.39 is 0 Å². The van der Waals surface area contributed by atoms with Crippen molar-refractivity contribution in [3.8, 4) is 0 Å². The number of aldehydes is 2. The molecule has 2 nitrogen and oxygen atoms in total. The Labute approximate surface area is 106 Å². The molecule has 0 heterocycles. The average molecular weight is 263 g/mol. The van der Waals surface area contributed by atoms with Gasteiger partial charge in [0.2, 0.25) is 0 Å². The fraction of sp³-hybridized carbons (Fsp3) is 0.500. The summed E-state index contributed by atoms with van der Waals surface area (Å²) >= 11 is 11.7. The highest BCUT2D eigenvalue weighted by Gasteiger charge is 1.96. The molecule has 0 atom stereocenters. The van der Waals surface area contributed by atoms with E-state index in [2.05, 4.69) is 0 Å². The lowest BCUT2D eigenvalue weighted by atomic mass is 10.1. The Kier molecular flexibility index (Phi) is 10.5. The summed E-state index contributed by atoms with van der Waals surface area (Å²) in [6, 6.07) is 0. The van der Waals surface area contributed by atoms with Gasteiger partial charge in [0, 0.05) is 22.9 Å².